The van der Waals surface area contributed by atoms with E-state index in [1.807, 2.05) is 0 Å². The van der Waals surface area contributed by atoms with E-state index in [1.165, 1.54) is 12.5 Å². The number of nitrogens with zero attached hydrogens (tertiary/aromatic N) is 2. The van der Waals surface area contributed by atoms with Crippen LogP contribution in [0, 0.1) is 0 Å². The van der Waals surface area contributed by atoms with Gasteiger partial charge < -0.3 is 0 Å². The molecule has 0 spiro atoms. The smallest absolute Gasteiger partial charge is 0.298 e. The number of aromatic nitrogens is 1. The van der Waals surface area contributed by atoms with Gasteiger partial charge in [-0.3, -0.25) is 15.1 Å². The van der Waals surface area contributed by atoms with Gasteiger partial charge in [0.2, 0.25) is 0 Å². The van der Waals surface area contributed by atoms with Gasteiger partial charge in [0.05, 0.1) is 6.54 Å². The molecule has 0 aromatic carbocycles. The van der Waals surface area contributed by atoms with Gasteiger partial charge >= 0.3 is 12.1 Å². The Morgan fingerprint density at radius 3 is 2.68 bits per heavy atom. The van der Waals surface area contributed by atoms with Crippen LogP contribution in [0.4, 0.5) is 13.2 Å². The molecule has 104 valence electrons. The monoisotopic (exact) mass is 311 g/mol. The van der Waals surface area contributed by atoms with E-state index < -0.39 is 12.1 Å². The van der Waals surface area contributed by atoms with E-state index in [4.69, 9.17) is 11.6 Å². The molecule has 19 heavy (non-hydrogen) atoms. The molecule has 0 bridgehead atoms. The second kappa shape index (κ2) is 6.76. The zero-order valence-corrected chi connectivity index (χ0v) is 11.2. The number of rotatable bonds is 2. The molecule has 1 heterocycles. The van der Waals surface area contributed by atoms with E-state index in [0.717, 1.165) is 11.8 Å². The Morgan fingerprint density at radius 2 is 2.21 bits per heavy atom. The summed E-state index contributed by atoms with van der Waals surface area (Å²) in [7, 11) is 0. The molecule has 0 fully saturated rings. The van der Waals surface area contributed by atoms with Gasteiger partial charge in [0.1, 0.15) is 5.15 Å². The summed E-state index contributed by atoms with van der Waals surface area (Å²) in [6, 6.07) is 3.18. The Bertz CT molecular complexity index is 476. The van der Waals surface area contributed by atoms with Crippen molar-refractivity contribution in [3.63, 3.8) is 0 Å². The highest BCUT2D eigenvalue weighted by Crippen LogP contribution is 2.15. The number of amidine groups is 1. The molecule has 0 saturated heterocycles. The maximum Gasteiger partial charge on any atom is 0.471 e. The number of aliphatic imine (C=N–C) groups is 1. The molecule has 4 nitrogen and oxygen atoms in total. The van der Waals surface area contributed by atoms with Crippen LogP contribution in [0.5, 0.6) is 0 Å². The molecule has 9 heteroatoms. The normalized spacial score (nSPS) is 12.4. The van der Waals surface area contributed by atoms with Crippen LogP contribution in [0.2, 0.25) is 5.15 Å². The second-order valence-corrected chi connectivity index (χ2v) is 4.45. The number of carbonyl (C=O) groups is 1. The molecule has 1 aromatic rings. The molecule has 0 aliphatic rings. The third-order valence-electron chi connectivity index (χ3n) is 1.87. The number of halogens is 4. The van der Waals surface area contributed by atoms with Crippen LogP contribution < -0.4 is 5.32 Å². The largest absolute Gasteiger partial charge is 0.471 e. The van der Waals surface area contributed by atoms with Crippen molar-refractivity contribution < 1.29 is 18.0 Å². The van der Waals surface area contributed by atoms with Crippen molar-refractivity contribution in [1.82, 2.24) is 10.3 Å². The number of hydrogen-bond donors (Lipinski definition) is 1. The van der Waals surface area contributed by atoms with Crippen LogP contribution in [0.1, 0.15) is 5.56 Å². The summed E-state index contributed by atoms with van der Waals surface area (Å²) in [6.07, 6.45) is -1.97. The maximum atomic E-state index is 12.1. The first-order chi connectivity index (χ1) is 8.82. The van der Waals surface area contributed by atoms with Crippen LogP contribution in [0.3, 0.4) is 0 Å². The van der Waals surface area contributed by atoms with Gasteiger partial charge in [0.15, 0.2) is 5.17 Å². The predicted molar refractivity (Wildman–Crippen MR) is 68.1 cm³/mol. The molecule has 1 rings (SSSR count). The zero-order valence-electron chi connectivity index (χ0n) is 9.66. The predicted octanol–water partition coefficient (Wildman–Crippen LogP) is 2.63. The fourth-order valence-corrected chi connectivity index (χ4v) is 1.49. The fraction of sp³-hybridized carbons (Fsp3) is 0.300. The number of amides is 1. The first-order valence-corrected chi connectivity index (χ1v) is 6.50. The van der Waals surface area contributed by atoms with Crippen molar-refractivity contribution in [3.05, 3.63) is 29.0 Å². The molecule has 0 aliphatic heterocycles. The molecule has 0 unspecified atom stereocenters. The van der Waals surface area contributed by atoms with E-state index in [2.05, 4.69) is 9.98 Å². The lowest BCUT2D eigenvalue weighted by Gasteiger charge is -2.08. The summed E-state index contributed by atoms with van der Waals surface area (Å²) in [5.74, 6) is -2.05. The molecule has 1 amide bonds. The lowest BCUT2D eigenvalue weighted by atomic mass is 10.3. The average Bonchev–Trinajstić information content (AvgIpc) is 2.35. The fourth-order valence-electron chi connectivity index (χ4n) is 0.986. The van der Waals surface area contributed by atoms with Crippen molar-refractivity contribution in [3.8, 4) is 0 Å². The SMILES string of the molecule is CSC(=NCc1ccc(Cl)nc1)NC(=O)C(F)(F)F. The van der Waals surface area contributed by atoms with Crippen LogP contribution in [0.25, 0.3) is 0 Å². The molecular weight excluding hydrogens is 303 g/mol. The van der Waals surface area contributed by atoms with Gasteiger partial charge in [-0.05, 0) is 17.9 Å². The number of pyridine rings is 1. The number of hydrogen-bond acceptors (Lipinski definition) is 4. The van der Waals surface area contributed by atoms with E-state index >= 15 is 0 Å². The quantitative estimate of drug-likeness (QED) is 0.519. The first-order valence-electron chi connectivity index (χ1n) is 4.90. The number of alkyl halides is 3. The van der Waals surface area contributed by atoms with Gasteiger partial charge in [-0.25, -0.2) is 4.98 Å². The Kier molecular flexibility index (Phi) is 5.61. The number of carbonyl (C=O) groups excluding carboxylic acids is 1. The molecule has 0 aliphatic carbocycles. The average molecular weight is 312 g/mol. The topological polar surface area (TPSA) is 54.4 Å². The summed E-state index contributed by atoms with van der Waals surface area (Å²) in [5, 5.41) is 1.89. The Labute approximate surface area is 116 Å². The van der Waals surface area contributed by atoms with Crippen molar-refractivity contribution >= 4 is 34.4 Å². The van der Waals surface area contributed by atoms with Crippen molar-refractivity contribution in [1.29, 1.82) is 0 Å². The standard InChI is InChI=1S/C10H9ClF3N3OS/c1-19-9(17-8(18)10(12,13)14)16-5-6-2-3-7(11)15-4-6/h2-4H,5H2,1H3,(H,16,17,18). The number of nitrogens with one attached hydrogen (secondary N) is 1. The Balaban J connectivity index is 2.67. The summed E-state index contributed by atoms with van der Waals surface area (Å²) < 4.78 is 36.2. The van der Waals surface area contributed by atoms with Gasteiger partial charge in [0, 0.05) is 6.20 Å². The molecule has 1 N–H and O–H groups in total. The van der Waals surface area contributed by atoms with Gasteiger partial charge in [-0.1, -0.05) is 29.4 Å². The van der Waals surface area contributed by atoms with Gasteiger partial charge in [-0.15, -0.1) is 0 Å². The summed E-state index contributed by atoms with van der Waals surface area (Å²) >= 11 is 6.50. The van der Waals surface area contributed by atoms with Crippen LogP contribution in [0.15, 0.2) is 23.3 Å². The van der Waals surface area contributed by atoms with Crippen molar-refractivity contribution in [2.75, 3.05) is 6.26 Å². The van der Waals surface area contributed by atoms with Crippen molar-refractivity contribution in [2.45, 2.75) is 12.7 Å². The van der Waals surface area contributed by atoms with Crippen LogP contribution in [-0.4, -0.2) is 28.5 Å². The highest BCUT2D eigenvalue weighted by molar-refractivity contribution is 8.13. The molecule has 0 radical (unpaired) electrons. The summed E-state index contributed by atoms with van der Waals surface area (Å²) in [4.78, 5) is 18.4. The van der Waals surface area contributed by atoms with E-state index in [0.29, 0.717) is 10.7 Å². The van der Waals surface area contributed by atoms with Crippen LogP contribution >= 0.6 is 23.4 Å². The minimum atomic E-state index is -4.93. The van der Waals surface area contributed by atoms with Crippen molar-refractivity contribution in [2.24, 2.45) is 4.99 Å². The maximum absolute atomic E-state index is 12.1. The van der Waals surface area contributed by atoms with Crippen LogP contribution in [-0.2, 0) is 11.3 Å². The summed E-state index contributed by atoms with van der Waals surface area (Å²) in [5.41, 5.74) is 0.664. The third-order valence-corrected chi connectivity index (χ3v) is 2.71. The minimum Gasteiger partial charge on any atom is -0.298 e. The molecule has 0 saturated carbocycles. The zero-order chi connectivity index (χ0) is 14.5. The highest BCUT2D eigenvalue weighted by Gasteiger charge is 2.39. The first kappa shape index (κ1) is 15.8. The number of thioether (sulfide) groups is 1. The Morgan fingerprint density at radius 1 is 1.53 bits per heavy atom. The lowest BCUT2D eigenvalue weighted by Crippen LogP contribution is -2.39. The van der Waals surface area contributed by atoms with Gasteiger partial charge in [-0.2, -0.15) is 13.2 Å². The lowest BCUT2D eigenvalue weighted by molar-refractivity contribution is -0.171. The summed E-state index contributed by atoms with van der Waals surface area (Å²) in [6.45, 7) is 0.0957. The van der Waals surface area contributed by atoms with E-state index in [9.17, 15) is 18.0 Å². The van der Waals surface area contributed by atoms with E-state index in [1.54, 1.807) is 17.4 Å². The second-order valence-electron chi connectivity index (χ2n) is 3.27. The minimum absolute atomic E-state index is 0.0957. The van der Waals surface area contributed by atoms with E-state index in [-0.39, 0.29) is 11.7 Å². The third kappa shape index (κ3) is 5.48. The highest BCUT2D eigenvalue weighted by atomic mass is 35.5. The molecule has 0 atom stereocenters. The molecular formula is C10H9ClF3N3OS. The Hall–Kier alpha value is -1.28. The van der Waals surface area contributed by atoms with Gasteiger partial charge in [0.25, 0.3) is 0 Å². The molecule has 1 aromatic heterocycles.